The largest absolute Gasteiger partial charge is 0.506 e. The van der Waals surface area contributed by atoms with E-state index in [-0.39, 0.29) is 11.8 Å². The molecule has 0 saturated carbocycles. The van der Waals surface area contributed by atoms with E-state index >= 15 is 0 Å². The summed E-state index contributed by atoms with van der Waals surface area (Å²) in [5, 5.41) is 11.1. The predicted molar refractivity (Wildman–Crippen MR) is 135 cm³/mol. The van der Waals surface area contributed by atoms with Gasteiger partial charge in [-0.3, -0.25) is 4.55 Å². The maximum Gasteiger partial charge on any atom is 0.298 e. The Hall–Kier alpha value is -3.41. The Bertz CT molecular complexity index is 1340. The van der Waals surface area contributed by atoms with E-state index in [1.165, 1.54) is 11.6 Å². The number of hydrogen-bond donors (Lipinski definition) is 2. The van der Waals surface area contributed by atoms with Gasteiger partial charge in [0.25, 0.3) is 10.1 Å². The number of rotatable bonds is 8. The molecule has 2 atom stereocenters. The van der Waals surface area contributed by atoms with Gasteiger partial charge in [0.1, 0.15) is 10.6 Å². The minimum Gasteiger partial charge on any atom is -0.506 e. The van der Waals surface area contributed by atoms with Crippen LogP contribution in [-0.2, 0) is 16.5 Å². The molecule has 174 valence electrons. The molecular weight excluding hydrogens is 444 g/mol. The van der Waals surface area contributed by atoms with Gasteiger partial charge in [-0.15, -0.1) is 0 Å². The third kappa shape index (κ3) is 5.56. The van der Waals surface area contributed by atoms with Gasteiger partial charge in [-0.05, 0) is 47.1 Å². The fourth-order valence-corrected chi connectivity index (χ4v) is 5.15. The van der Waals surface area contributed by atoms with E-state index in [1.807, 2.05) is 84.9 Å². The van der Waals surface area contributed by atoms with Gasteiger partial charge in [0.2, 0.25) is 0 Å². The summed E-state index contributed by atoms with van der Waals surface area (Å²) in [4.78, 5) is -0.454. The molecule has 0 saturated heterocycles. The highest BCUT2D eigenvalue weighted by Crippen LogP contribution is 2.42. The summed E-state index contributed by atoms with van der Waals surface area (Å²) in [5.74, 6) is -0.515. The van der Waals surface area contributed by atoms with Crippen LogP contribution in [0.2, 0.25) is 0 Å². The van der Waals surface area contributed by atoms with Crippen molar-refractivity contribution in [2.45, 2.75) is 36.5 Å². The topological polar surface area (TPSA) is 74.6 Å². The summed E-state index contributed by atoms with van der Waals surface area (Å²) in [5.41, 5.74) is 4.35. The Morgan fingerprint density at radius 1 is 0.735 bits per heavy atom. The van der Waals surface area contributed by atoms with Crippen LogP contribution < -0.4 is 0 Å². The van der Waals surface area contributed by atoms with Crippen molar-refractivity contribution in [1.82, 2.24) is 0 Å². The molecule has 0 aromatic heterocycles. The molecule has 4 rings (SSSR count). The van der Waals surface area contributed by atoms with Crippen molar-refractivity contribution in [2.75, 3.05) is 0 Å². The van der Waals surface area contributed by atoms with Gasteiger partial charge < -0.3 is 5.11 Å². The summed E-state index contributed by atoms with van der Waals surface area (Å²) >= 11 is 0. The van der Waals surface area contributed by atoms with E-state index in [1.54, 1.807) is 0 Å². The van der Waals surface area contributed by atoms with Crippen molar-refractivity contribution in [3.05, 3.63) is 131 Å². The molecule has 0 amide bonds. The Labute approximate surface area is 201 Å². The number of phenolic OH excluding ortho intramolecular Hbond substituents is 1. The quantitative estimate of drug-likeness (QED) is 0.285. The molecule has 4 aromatic carbocycles. The predicted octanol–water partition coefficient (Wildman–Crippen LogP) is 6.56. The van der Waals surface area contributed by atoms with Crippen LogP contribution in [0.5, 0.6) is 5.75 Å². The lowest BCUT2D eigenvalue weighted by molar-refractivity contribution is 0.432. The smallest absolute Gasteiger partial charge is 0.298 e. The highest BCUT2D eigenvalue weighted by Gasteiger charge is 2.27. The Morgan fingerprint density at radius 2 is 1.26 bits per heavy atom. The molecule has 2 N–H and O–H groups in total. The summed E-state index contributed by atoms with van der Waals surface area (Å²) < 4.78 is 34.3. The van der Waals surface area contributed by atoms with E-state index in [2.05, 4.69) is 19.1 Å². The zero-order chi connectivity index (χ0) is 24.1. The van der Waals surface area contributed by atoms with Crippen LogP contribution in [0.3, 0.4) is 0 Å². The third-order valence-electron chi connectivity index (χ3n) is 6.23. The summed E-state index contributed by atoms with van der Waals surface area (Å²) in [6, 6.07) is 32.8. The average Bonchev–Trinajstić information content (AvgIpc) is 2.84. The second-order valence-electron chi connectivity index (χ2n) is 8.68. The second kappa shape index (κ2) is 10.2. The zero-order valence-corrected chi connectivity index (χ0v) is 19.8. The maximum absolute atomic E-state index is 12.2. The normalized spacial score (nSPS) is 13.4. The first kappa shape index (κ1) is 23.7. The van der Waals surface area contributed by atoms with Crippen LogP contribution in [-0.4, -0.2) is 18.1 Å². The zero-order valence-electron chi connectivity index (χ0n) is 19.0. The monoisotopic (exact) mass is 472 g/mol. The van der Waals surface area contributed by atoms with Gasteiger partial charge >= 0.3 is 0 Å². The highest BCUT2D eigenvalue weighted by atomic mass is 32.2. The lowest BCUT2D eigenvalue weighted by Crippen LogP contribution is -2.10. The molecule has 0 heterocycles. The second-order valence-corrected chi connectivity index (χ2v) is 10.1. The van der Waals surface area contributed by atoms with Crippen LogP contribution in [0, 0.1) is 0 Å². The molecule has 0 aliphatic heterocycles. The highest BCUT2D eigenvalue weighted by molar-refractivity contribution is 7.86. The fourth-order valence-electron chi connectivity index (χ4n) is 4.48. The first-order chi connectivity index (χ1) is 16.3. The lowest BCUT2D eigenvalue weighted by atomic mass is 9.81. The minimum absolute atomic E-state index is 0.151. The van der Waals surface area contributed by atoms with Gasteiger partial charge in [-0.2, -0.15) is 8.42 Å². The van der Waals surface area contributed by atoms with Gasteiger partial charge in [-0.25, -0.2) is 0 Å². The van der Waals surface area contributed by atoms with E-state index in [4.69, 9.17) is 0 Å². The van der Waals surface area contributed by atoms with Crippen molar-refractivity contribution >= 4 is 10.1 Å². The van der Waals surface area contributed by atoms with Crippen LogP contribution in [0.25, 0.3) is 0 Å². The van der Waals surface area contributed by atoms with E-state index in [0.29, 0.717) is 24.0 Å². The van der Waals surface area contributed by atoms with Crippen molar-refractivity contribution in [3.63, 3.8) is 0 Å². The summed E-state index contributed by atoms with van der Waals surface area (Å²) in [6.07, 6.45) is 1.13. The molecule has 4 nitrogen and oxygen atoms in total. The van der Waals surface area contributed by atoms with Crippen LogP contribution in [0.4, 0.5) is 0 Å². The van der Waals surface area contributed by atoms with E-state index in [0.717, 1.165) is 11.1 Å². The fraction of sp³-hybridized carbons (Fsp3) is 0.172. The Morgan fingerprint density at radius 3 is 1.82 bits per heavy atom. The molecule has 0 spiro atoms. The molecule has 0 aliphatic rings. The SMILES string of the molecule is CC(CC(c1ccccc1)c1cc(Cc2ccccc2)cc(S(=O)(=O)O)c1O)c1ccccc1. The van der Waals surface area contributed by atoms with Crippen LogP contribution in [0.1, 0.15) is 53.0 Å². The summed E-state index contributed by atoms with van der Waals surface area (Å²) in [6.45, 7) is 2.12. The van der Waals surface area contributed by atoms with E-state index < -0.39 is 20.8 Å². The van der Waals surface area contributed by atoms with Gasteiger partial charge in [0.05, 0.1) is 0 Å². The molecule has 0 aliphatic carbocycles. The van der Waals surface area contributed by atoms with Crippen molar-refractivity contribution in [1.29, 1.82) is 0 Å². The first-order valence-corrected chi connectivity index (χ1v) is 12.7. The maximum atomic E-state index is 12.2. The third-order valence-corrected chi connectivity index (χ3v) is 7.10. The van der Waals surface area contributed by atoms with Crippen LogP contribution in [0.15, 0.2) is 108 Å². The molecule has 0 radical (unpaired) electrons. The average molecular weight is 473 g/mol. The van der Waals surface area contributed by atoms with Crippen molar-refractivity contribution in [2.24, 2.45) is 0 Å². The molecule has 5 heteroatoms. The van der Waals surface area contributed by atoms with Crippen LogP contribution >= 0.6 is 0 Å². The Balaban J connectivity index is 1.84. The number of benzene rings is 4. The Kier molecular flexibility index (Phi) is 7.15. The number of phenols is 1. The van der Waals surface area contributed by atoms with E-state index in [9.17, 15) is 18.1 Å². The first-order valence-electron chi connectivity index (χ1n) is 11.3. The standard InChI is InChI=1S/C29H28O4S/c1-21(24-13-7-3-8-14-24)17-26(25-15-9-4-10-16-25)27-19-23(18-22-11-5-2-6-12-22)20-28(29(27)30)34(31,32)33/h2-16,19-21,26,30H,17-18H2,1H3,(H,31,32,33). The van der Waals surface area contributed by atoms with Gasteiger partial charge in [0.15, 0.2) is 0 Å². The van der Waals surface area contributed by atoms with Gasteiger partial charge in [0, 0.05) is 11.5 Å². The molecule has 2 unspecified atom stereocenters. The molecule has 34 heavy (non-hydrogen) atoms. The lowest BCUT2D eigenvalue weighted by Gasteiger charge is -2.25. The molecule has 0 bridgehead atoms. The van der Waals surface area contributed by atoms with Crippen molar-refractivity contribution in [3.8, 4) is 5.75 Å². The summed E-state index contributed by atoms with van der Waals surface area (Å²) in [7, 11) is -4.62. The van der Waals surface area contributed by atoms with Crippen molar-refractivity contribution < 1.29 is 18.1 Å². The number of hydrogen-bond acceptors (Lipinski definition) is 3. The molecular formula is C29H28O4S. The minimum atomic E-state index is -4.62. The van der Waals surface area contributed by atoms with Gasteiger partial charge in [-0.1, -0.05) is 104 Å². The number of aromatic hydroxyl groups is 1. The molecule has 0 fully saturated rings. The molecule has 4 aromatic rings.